The summed E-state index contributed by atoms with van der Waals surface area (Å²) in [5, 5.41) is 20.2. The van der Waals surface area contributed by atoms with E-state index in [9.17, 15) is 4.79 Å². The molecule has 2 rings (SSSR count). The van der Waals surface area contributed by atoms with Crippen molar-refractivity contribution >= 4 is 17.7 Å². The number of carbonyl (C=O) groups is 1. The summed E-state index contributed by atoms with van der Waals surface area (Å²) >= 11 is 0. The highest BCUT2D eigenvalue weighted by Crippen LogP contribution is 2.15. The summed E-state index contributed by atoms with van der Waals surface area (Å²) in [6, 6.07) is 17.9. The van der Waals surface area contributed by atoms with Gasteiger partial charge >= 0.3 is 0 Å². The Bertz CT molecular complexity index is 824. The van der Waals surface area contributed by atoms with Crippen molar-refractivity contribution in [2.45, 2.75) is 6.92 Å². The zero-order chi connectivity index (χ0) is 17.4. The molecule has 0 radical (unpaired) electrons. The van der Waals surface area contributed by atoms with Gasteiger partial charge in [-0.1, -0.05) is 30.3 Å². The fourth-order valence-corrected chi connectivity index (χ4v) is 1.96. The molecule has 0 aromatic heterocycles. The number of para-hydroxylation sites is 1. The van der Waals surface area contributed by atoms with Crippen molar-refractivity contribution in [2.24, 2.45) is 0 Å². The van der Waals surface area contributed by atoms with Crippen LogP contribution in [0.25, 0.3) is 6.08 Å². The molecular formula is C19H15N3O2. The number of anilines is 1. The smallest absolute Gasteiger partial charge is 0.262 e. The van der Waals surface area contributed by atoms with Crippen molar-refractivity contribution in [3.63, 3.8) is 0 Å². The van der Waals surface area contributed by atoms with Crippen LogP contribution in [0.3, 0.4) is 0 Å². The average molecular weight is 317 g/mol. The summed E-state index contributed by atoms with van der Waals surface area (Å²) in [5.74, 6) is 0.284. The molecule has 24 heavy (non-hydrogen) atoms. The third-order valence-electron chi connectivity index (χ3n) is 3.22. The van der Waals surface area contributed by atoms with Crippen molar-refractivity contribution in [3.8, 4) is 17.9 Å². The minimum absolute atomic E-state index is 0.0290. The molecule has 0 aliphatic heterocycles. The highest BCUT2D eigenvalue weighted by Gasteiger charge is 2.05. The van der Waals surface area contributed by atoms with Crippen LogP contribution in [0.2, 0.25) is 0 Å². The van der Waals surface area contributed by atoms with Crippen LogP contribution in [-0.2, 0) is 4.79 Å². The number of nitriles is 2. The number of carbonyl (C=O) groups excluding carboxylic acids is 1. The number of hydrogen-bond donors (Lipinski definition) is 1. The van der Waals surface area contributed by atoms with Gasteiger partial charge in [-0.15, -0.1) is 0 Å². The largest absolute Gasteiger partial charge is 0.484 e. The Hall–Kier alpha value is -3.57. The molecule has 5 heteroatoms. The van der Waals surface area contributed by atoms with Crippen LogP contribution in [0.5, 0.6) is 5.75 Å². The van der Waals surface area contributed by atoms with Gasteiger partial charge in [0.25, 0.3) is 5.91 Å². The number of aryl methyl sites for hydroxylation is 1. The number of amides is 1. The molecule has 0 atom stereocenters. The quantitative estimate of drug-likeness (QED) is 0.856. The van der Waals surface area contributed by atoms with Crippen LogP contribution < -0.4 is 10.1 Å². The van der Waals surface area contributed by atoms with Gasteiger partial charge in [0.05, 0.1) is 0 Å². The number of benzene rings is 2. The molecule has 0 aliphatic rings. The molecule has 2 aromatic rings. The third-order valence-corrected chi connectivity index (χ3v) is 3.22. The summed E-state index contributed by atoms with van der Waals surface area (Å²) in [5.41, 5.74) is 2.48. The van der Waals surface area contributed by atoms with Gasteiger partial charge in [0.15, 0.2) is 6.61 Å². The summed E-state index contributed by atoms with van der Waals surface area (Å²) in [7, 11) is 0. The summed E-state index contributed by atoms with van der Waals surface area (Å²) in [6.07, 6.45) is 1.48. The Balaban J connectivity index is 1.92. The molecule has 0 aliphatic carbocycles. The van der Waals surface area contributed by atoms with E-state index in [1.807, 2.05) is 31.2 Å². The maximum atomic E-state index is 11.9. The first-order chi connectivity index (χ1) is 11.6. The maximum absolute atomic E-state index is 11.9. The van der Waals surface area contributed by atoms with E-state index < -0.39 is 0 Å². The lowest BCUT2D eigenvalue weighted by atomic mass is 10.1. The standard InChI is InChI=1S/C19H15N3O2/c1-14-4-2-3-5-18(14)22-19(23)13-24-17-8-6-15(7-9-17)10-16(11-20)12-21/h2-10H,13H2,1H3,(H,22,23). The Labute approximate surface area is 140 Å². The lowest BCUT2D eigenvalue weighted by molar-refractivity contribution is -0.118. The summed E-state index contributed by atoms with van der Waals surface area (Å²) in [4.78, 5) is 11.9. The van der Waals surface area contributed by atoms with Crippen LogP contribution in [0, 0.1) is 29.6 Å². The molecule has 1 N–H and O–H groups in total. The van der Waals surface area contributed by atoms with Gasteiger partial charge in [-0.05, 0) is 42.3 Å². The zero-order valence-electron chi connectivity index (χ0n) is 13.1. The number of hydrogen-bond acceptors (Lipinski definition) is 4. The Morgan fingerprint density at radius 1 is 1.12 bits per heavy atom. The van der Waals surface area contributed by atoms with E-state index in [4.69, 9.17) is 15.3 Å². The van der Waals surface area contributed by atoms with Gasteiger partial charge in [-0.25, -0.2) is 0 Å². The molecule has 0 heterocycles. The van der Waals surface area contributed by atoms with E-state index in [1.54, 1.807) is 36.4 Å². The number of nitrogens with one attached hydrogen (secondary N) is 1. The third kappa shape index (κ3) is 4.72. The SMILES string of the molecule is Cc1ccccc1NC(=O)COc1ccc(C=C(C#N)C#N)cc1. The van der Waals surface area contributed by atoms with Crippen molar-refractivity contribution in [1.82, 2.24) is 0 Å². The Morgan fingerprint density at radius 2 is 1.79 bits per heavy atom. The van der Waals surface area contributed by atoms with Crippen LogP contribution >= 0.6 is 0 Å². The van der Waals surface area contributed by atoms with Gasteiger partial charge < -0.3 is 10.1 Å². The van der Waals surface area contributed by atoms with Crippen LogP contribution in [0.1, 0.15) is 11.1 Å². The molecule has 1 amide bonds. The molecule has 0 saturated heterocycles. The molecule has 5 nitrogen and oxygen atoms in total. The summed E-state index contributed by atoms with van der Waals surface area (Å²) in [6.45, 7) is 1.81. The van der Waals surface area contributed by atoms with E-state index in [-0.39, 0.29) is 18.1 Å². The molecule has 0 saturated carbocycles. The second-order valence-electron chi connectivity index (χ2n) is 5.00. The second kappa shape index (κ2) is 8.17. The molecule has 0 spiro atoms. The van der Waals surface area contributed by atoms with E-state index in [0.29, 0.717) is 11.3 Å². The van der Waals surface area contributed by atoms with Crippen LogP contribution in [0.15, 0.2) is 54.1 Å². The van der Waals surface area contributed by atoms with E-state index in [2.05, 4.69) is 5.32 Å². The van der Waals surface area contributed by atoms with Gasteiger partial charge in [0.1, 0.15) is 23.5 Å². The van der Waals surface area contributed by atoms with Crippen molar-refractivity contribution in [1.29, 1.82) is 10.5 Å². The number of rotatable bonds is 5. The molecule has 0 bridgehead atoms. The van der Waals surface area contributed by atoms with Crippen molar-refractivity contribution in [3.05, 3.63) is 65.2 Å². The number of allylic oxidation sites excluding steroid dienone is 1. The van der Waals surface area contributed by atoms with Gasteiger partial charge in [0, 0.05) is 5.69 Å². The van der Waals surface area contributed by atoms with Gasteiger partial charge in [-0.2, -0.15) is 10.5 Å². The highest BCUT2D eigenvalue weighted by molar-refractivity contribution is 5.92. The van der Waals surface area contributed by atoms with Crippen LogP contribution in [0.4, 0.5) is 5.69 Å². The van der Waals surface area contributed by atoms with E-state index >= 15 is 0 Å². The summed E-state index contributed by atoms with van der Waals surface area (Å²) < 4.78 is 5.43. The van der Waals surface area contributed by atoms with Gasteiger partial charge in [0.2, 0.25) is 0 Å². The fraction of sp³-hybridized carbons (Fsp3) is 0.105. The van der Waals surface area contributed by atoms with Crippen LogP contribution in [-0.4, -0.2) is 12.5 Å². The average Bonchev–Trinajstić information content (AvgIpc) is 2.61. The topological polar surface area (TPSA) is 85.9 Å². The monoisotopic (exact) mass is 317 g/mol. The normalized spacial score (nSPS) is 9.29. The second-order valence-corrected chi connectivity index (χ2v) is 5.00. The zero-order valence-corrected chi connectivity index (χ0v) is 13.1. The Morgan fingerprint density at radius 3 is 2.42 bits per heavy atom. The predicted octanol–water partition coefficient (Wildman–Crippen LogP) is 3.44. The first kappa shape index (κ1) is 16.8. The molecule has 2 aromatic carbocycles. The highest BCUT2D eigenvalue weighted by atomic mass is 16.5. The lowest BCUT2D eigenvalue weighted by Crippen LogP contribution is -2.20. The predicted molar refractivity (Wildman–Crippen MR) is 90.9 cm³/mol. The first-order valence-electron chi connectivity index (χ1n) is 7.22. The fourth-order valence-electron chi connectivity index (χ4n) is 1.96. The first-order valence-corrected chi connectivity index (χ1v) is 7.22. The van der Waals surface area contributed by atoms with Crippen molar-refractivity contribution < 1.29 is 9.53 Å². The lowest BCUT2D eigenvalue weighted by Gasteiger charge is -2.09. The number of nitrogens with zero attached hydrogens (tertiary/aromatic N) is 2. The van der Waals surface area contributed by atoms with Gasteiger partial charge in [-0.3, -0.25) is 4.79 Å². The minimum Gasteiger partial charge on any atom is -0.484 e. The van der Waals surface area contributed by atoms with E-state index in [1.165, 1.54) is 6.08 Å². The van der Waals surface area contributed by atoms with E-state index in [0.717, 1.165) is 11.3 Å². The minimum atomic E-state index is -0.246. The van der Waals surface area contributed by atoms with Crippen molar-refractivity contribution in [2.75, 3.05) is 11.9 Å². The number of ether oxygens (including phenoxy) is 1. The molecule has 118 valence electrons. The molecule has 0 fully saturated rings. The molecular weight excluding hydrogens is 302 g/mol. The maximum Gasteiger partial charge on any atom is 0.262 e. The Kier molecular flexibility index (Phi) is 5.71. The molecule has 0 unspecified atom stereocenters.